The highest BCUT2D eigenvalue weighted by atomic mass is 16.4. The third-order valence-electron chi connectivity index (χ3n) is 4.50. The van der Waals surface area contributed by atoms with Crippen molar-refractivity contribution in [2.75, 3.05) is 6.54 Å². The van der Waals surface area contributed by atoms with E-state index in [4.69, 9.17) is 17.2 Å². The summed E-state index contributed by atoms with van der Waals surface area (Å²) < 4.78 is 0. The van der Waals surface area contributed by atoms with Gasteiger partial charge in [0.2, 0.25) is 11.8 Å². The number of H-pyrrole nitrogens is 2. The molecule has 0 unspecified atom stereocenters. The minimum Gasteiger partial charge on any atom is -0.480 e. The summed E-state index contributed by atoms with van der Waals surface area (Å²) in [6, 6.07) is -3.20. The lowest BCUT2D eigenvalue weighted by Gasteiger charge is -2.22. The number of aliphatic imine (C=N–C) groups is 1. The number of carbonyl (C=O) groups excluding carboxylic acids is 2. The molecule has 2 amide bonds. The molecule has 174 valence electrons. The van der Waals surface area contributed by atoms with E-state index in [9.17, 15) is 19.5 Å². The second kappa shape index (κ2) is 12.0. The maximum Gasteiger partial charge on any atom is 0.326 e. The van der Waals surface area contributed by atoms with Gasteiger partial charge in [-0.25, -0.2) is 14.8 Å². The number of rotatable bonds is 13. The van der Waals surface area contributed by atoms with Gasteiger partial charge in [0.1, 0.15) is 12.1 Å². The van der Waals surface area contributed by atoms with Crippen molar-refractivity contribution in [3.63, 3.8) is 0 Å². The Morgan fingerprint density at radius 2 is 1.59 bits per heavy atom. The van der Waals surface area contributed by atoms with Crippen molar-refractivity contribution < 1.29 is 19.5 Å². The van der Waals surface area contributed by atoms with Crippen LogP contribution in [-0.2, 0) is 27.2 Å². The summed E-state index contributed by atoms with van der Waals surface area (Å²) >= 11 is 0. The molecule has 0 aromatic carbocycles. The number of carboxylic acid groups (broad SMARTS) is 1. The first-order valence-electron chi connectivity index (χ1n) is 9.85. The summed E-state index contributed by atoms with van der Waals surface area (Å²) in [5.74, 6) is -2.55. The molecule has 0 fully saturated rings. The van der Waals surface area contributed by atoms with Gasteiger partial charge in [0.15, 0.2) is 5.96 Å². The zero-order valence-electron chi connectivity index (χ0n) is 17.3. The lowest BCUT2D eigenvalue weighted by Crippen LogP contribution is -2.55. The summed E-state index contributed by atoms with van der Waals surface area (Å²) in [6.45, 7) is 0.235. The first-order valence-corrected chi connectivity index (χ1v) is 9.85. The molecule has 32 heavy (non-hydrogen) atoms. The van der Waals surface area contributed by atoms with Gasteiger partial charge in [-0.15, -0.1) is 0 Å². The Balaban J connectivity index is 2.03. The standard InChI is InChI=1S/C18H28N10O4/c19-12(4-10-6-22-8-25-10)15(29)27-13(2-1-3-24-18(20)21)16(30)28-14(17(31)32)5-11-7-23-9-26-11/h6-9,12-14H,1-5,19H2,(H,22,25)(H,23,26)(H,27,29)(H,28,30)(H,31,32)(H4,20,21,24)/t12-,13-,14-/m0/s1. The number of aromatic amines is 2. The first-order chi connectivity index (χ1) is 15.3. The fourth-order valence-corrected chi connectivity index (χ4v) is 2.87. The zero-order chi connectivity index (χ0) is 23.5. The van der Waals surface area contributed by atoms with Crippen LogP contribution in [0.15, 0.2) is 30.0 Å². The van der Waals surface area contributed by atoms with Gasteiger partial charge >= 0.3 is 5.97 Å². The number of aliphatic carboxylic acids is 1. The molecule has 14 heteroatoms. The van der Waals surface area contributed by atoms with Crippen LogP contribution >= 0.6 is 0 Å². The molecule has 11 N–H and O–H groups in total. The van der Waals surface area contributed by atoms with E-state index in [1.807, 2.05) is 0 Å². The summed E-state index contributed by atoms with van der Waals surface area (Å²) in [5, 5.41) is 14.5. The van der Waals surface area contributed by atoms with Gasteiger partial charge in [0.25, 0.3) is 0 Å². The van der Waals surface area contributed by atoms with Gasteiger partial charge in [-0.3, -0.25) is 14.6 Å². The van der Waals surface area contributed by atoms with Crippen molar-refractivity contribution in [1.29, 1.82) is 0 Å². The van der Waals surface area contributed by atoms with E-state index in [0.717, 1.165) is 0 Å². The third kappa shape index (κ3) is 8.06. The average Bonchev–Trinajstić information content (AvgIpc) is 3.43. The van der Waals surface area contributed by atoms with E-state index < -0.39 is 35.9 Å². The predicted octanol–water partition coefficient (Wildman–Crippen LogP) is -2.65. The number of nitrogens with two attached hydrogens (primary N) is 3. The second-order valence-electron chi connectivity index (χ2n) is 7.08. The highest BCUT2D eigenvalue weighted by Gasteiger charge is 2.28. The Kier molecular flexibility index (Phi) is 9.16. The van der Waals surface area contributed by atoms with Crippen molar-refractivity contribution in [2.45, 2.75) is 43.8 Å². The van der Waals surface area contributed by atoms with Crippen LogP contribution in [0.4, 0.5) is 0 Å². The molecule has 0 aliphatic carbocycles. The highest BCUT2D eigenvalue weighted by molar-refractivity contribution is 5.91. The quantitative estimate of drug-likeness (QED) is 0.0904. The van der Waals surface area contributed by atoms with Crippen LogP contribution in [0.25, 0.3) is 0 Å². The molecule has 0 saturated heterocycles. The predicted molar refractivity (Wildman–Crippen MR) is 114 cm³/mol. The fourth-order valence-electron chi connectivity index (χ4n) is 2.87. The minimum absolute atomic E-state index is 0.00488. The molecule has 2 aromatic heterocycles. The van der Waals surface area contributed by atoms with Crippen LogP contribution in [0.5, 0.6) is 0 Å². The number of amides is 2. The van der Waals surface area contributed by atoms with Gasteiger partial charge in [0, 0.05) is 43.2 Å². The molecule has 0 aliphatic rings. The zero-order valence-corrected chi connectivity index (χ0v) is 17.3. The number of imidazole rings is 2. The number of hydrogen-bond donors (Lipinski definition) is 8. The minimum atomic E-state index is -1.23. The van der Waals surface area contributed by atoms with Crippen LogP contribution in [0.1, 0.15) is 24.2 Å². The molecule has 0 aliphatic heterocycles. The van der Waals surface area contributed by atoms with Crippen LogP contribution in [0.3, 0.4) is 0 Å². The Morgan fingerprint density at radius 3 is 2.12 bits per heavy atom. The van der Waals surface area contributed by atoms with Gasteiger partial charge in [-0.1, -0.05) is 0 Å². The fraction of sp³-hybridized carbons (Fsp3) is 0.444. The van der Waals surface area contributed by atoms with E-state index in [0.29, 0.717) is 17.8 Å². The number of guanidine groups is 1. The normalized spacial score (nSPS) is 13.5. The molecule has 2 heterocycles. The summed E-state index contributed by atoms with van der Waals surface area (Å²) in [6.07, 6.45) is 6.59. The summed E-state index contributed by atoms with van der Waals surface area (Å²) in [7, 11) is 0. The van der Waals surface area contributed by atoms with Crippen LogP contribution < -0.4 is 27.8 Å². The molecular weight excluding hydrogens is 420 g/mol. The number of carbonyl (C=O) groups is 3. The number of carboxylic acids is 1. The van der Waals surface area contributed by atoms with Crippen molar-refractivity contribution in [1.82, 2.24) is 30.6 Å². The lowest BCUT2D eigenvalue weighted by atomic mass is 10.1. The van der Waals surface area contributed by atoms with Gasteiger partial charge in [0.05, 0.1) is 18.7 Å². The molecule has 0 saturated carbocycles. The Bertz CT molecular complexity index is 893. The highest BCUT2D eigenvalue weighted by Crippen LogP contribution is 2.05. The Morgan fingerprint density at radius 1 is 1.00 bits per heavy atom. The van der Waals surface area contributed by atoms with E-state index >= 15 is 0 Å². The molecule has 3 atom stereocenters. The molecule has 0 spiro atoms. The van der Waals surface area contributed by atoms with E-state index in [2.05, 4.69) is 35.6 Å². The second-order valence-corrected chi connectivity index (χ2v) is 7.08. The number of nitrogens with one attached hydrogen (secondary N) is 4. The van der Waals surface area contributed by atoms with E-state index in [-0.39, 0.29) is 31.8 Å². The van der Waals surface area contributed by atoms with E-state index in [1.54, 1.807) is 6.20 Å². The van der Waals surface area contributed by atoms with Crippen molar-refractivity contribution >= 4 is 23.7 Å². The lowest BCUT2D eigenvalue weighted by molar-refractivity contribution is -0.142. The smallest absolute Gasteiger partial charge is 0.326 e. The third-order valence-corrected chi connectivity index (χ3v) is 4.50. The van der Waals surface area contributed by atoms with Crippen LogP contribution in [-0.4, -0.2) is 73.5 Å². The average molecular weight is 448 g/mol. The molecule has 2 rings (SSSR count). The Labute approximate surface area is 183 Å². The maximum absolute atomic E-state index is 12.8. The molecule has 14 nitrogen and oxygen atoms in total. The molecular formula is C18H28N10O4. The summed E-state index contributed by atoms with van der Waals surface area (Å²) in [4.78, 5) is 54.2. The van der Waals surface area contributed by atoms with Gasteiger partial charge in [-0.2, -0.15) is 0 Å². The van der Waals surface area contributed by atoms with Crippen molar-refractivity contribution in [3.8, 4) is 0 Å². The van der Waals surface area contributed by atoms with E-state index in [1.165, 1.54) is 18.9 Å². The van der Waals surface area contributed by atoms with Crippen molar-refractivity contribution in [3.05, 3.63) is 36.4 Å². The topological polar surface area (TPSA) is 243 Å². The number of nitrogens with zero attached hydrogens (tertiary/aromatic N) is 3. The number of hydrogen-bond acceptors (Lipinski definition) is 7. The Hall–Kier alpha value is -3.94. The molecule has 2 aromatic rings. The van der Waals surface area contributed by atoms with Crippen LogP contribution in [0.2, 0.25) is 0 Å². The monoisotopic (exact) mass is 448 g/mol. The largest absolute Gasteiger partial charge is 0.480 e. The van der Waals surface area contributed by atoms with Gasteiger partial charge in [-0.05, 0) is 12.8 Å². The molecule has 0 bridgehead atoms. The SMILES string of the molecule is NC(N)=NCCC[C@H](NC(=O)[C@@H](N)Cc1cnc[nH]1)C(=O)N[C@@H](Cc1cnc[nH]1)C(=O)O. The maximum atomic E-state index is 12.8. The van der Waals surface area contributed by atoms with Crippen molar-refractivity contribution in [2.24, 2.45) is 22.2 Å². The van der Waals surface area contributed by atoms with Gasteiger partial charge < -0.3 is 42.9 Å². The number of aromatic nitrogens is 4. The summed E-state index contributed by atoms with van der Waals surface area (Å²) in [5.41, 5.74) is 17.7. The molecule has 0 radical (unpaired) electrons. The van der Waals surface area contributed by atoms with Crippen LogP contribution in [0, 0.1) is 0 Å². The first kappa shape index (κ1) is 24.3.